The third kappa shape index (κ3) is 5.98. The van der Waals surface area contributed by atoms with Crippen LogP contribution in [0.25, 0.3) is 0 Å². The number of sulfone groups is 1. The summed E-state index contributed by atoms with van der Waals surface area (Å²) in [7, 11) is -3.77. The molecular weight excluding hydrogens is 500 g/mol. The van der Waals surface area contributed by atoms with Gasteiger partial charge in [-0.15, -0.1) is 0 Å². The normalized spacial score (nSPS) is 15.4. The highest BCUT2D eigenvalue weighted by molar-refractivity contribution is 7.91. The Hall–Kier alpha value is -3.56. The van der Waals surface area contributed by atoms with Gasteiger partial charge in [-0.3, -0.25) is 4.79 Å². The summed E-state index contributed by atoms with van der Waals surface area (Å²) in [6.45, 7) is 3.43. The molecule has 1 saturated heterocycles. The van der Waals surface area contributed by atoms with Crippen LogP contribution in [0.4, 0.5) is 21.9 Å². The fourth-order valence-corrected chi connectivity index (χ4v) is 5.83. The molecule has 3 aromatic carbocycles. The van der Waals surface area contributed by atoms with Crippen molar-refractivity contribution in [1.82, 2.24) is 5.32 Å². The van der Waals surface area contributed by atoms with Gasteiger partial charge < -0.3 is 20.9 Å². The second-order valence-corrected chi connectivity index (χ2v) is 10.8. The molecule has 0 aliphatic carbocycles. The van der Waals surface area contributed by atoms with Gasteiger partial charge in [-0.1, -0.05) is 36.7 Å². The molecular formula is C26H27ClN4O4S. The van der Waals surface area contributed by atoms with Crippen LogP contribution < -0.4 is 20.9 Å². The lowest BCUT2D eigenvalue weighted by molar-refractivity contribution is -0.121. The van der Waals surface area contributed by atoms with E-state index >= 15 is 0 Å². The first kappa shape index (κ1) is 25.5. The molecule has 0 aromatic heterocycles. The van der Waals surface area contributed by atoms with Crippen molar-refractivity contribution in [3.05, 3.63) is 77.8 Å². The molecule has 0 saturated carbocycles. The SMILES string of the molecule is CCC(=O)NC1CCN(c2ccc(NC(=O)Nc3ccc(S(=O)(=O)c4ccccc4)c(Cl)c3)cc2)C1. The zero-order valence-corrected chi connectivity index (χ0v) is 21.3. The van der Waals surface area contributed by atoms with Crippen molar-refractivity contribution in [3.8, 4) is 0 Å². The number of carbonyl (C=O) groups excluding carboxylic acids is 2. The van der Waals surface area contributed by atoms with Gasteiger partial charge in [0.2, 0.25) is 15.7 Å². The fraction of sp³-hybridized carbons (Fsp3) is 0.231. The Morgan fingerprint density at radius 3 is 2.31 bits per heavy atom. The van der Waals surface area contributed by atoms with Gasteiger partial charge in [-0.25, -0.2) is 13.2 Å². The van der Waals surface area contributed by atoms with E-state index in [2.05, 4.69) is 20.9 Å². The lowest BCUT2D eigenvalue weighted by Crippen LogP contribution is -2.36. The molecule has 3 N–H and O–H groups in total. The number of nitrogens with zero attached hydrogens (tertiary/aromatic N) is 1. The molecule has 0 spiro atoms. The summed E-state index contributed by atoms with van der Waals surface area (Å²) in [6, 6.07) is 19.4. The summed E-state index contributed by atoms with van der Waals surface area (Å²) in [6.07, 6.45) is 1.37. The Balaban J connectivity index is 1.35. The Bertz CT molecular complexity index is 1350. The first-order chi connectivity index (χ1) is 17.3. The number of rotatable bonds is 7. The average molecular weight is 527 g/mol. The summed E-state index contributed by atoms with van der Waals surface area (Å²) < 4.78 is 25.6. The van der Waals surface area contributed by atoms with E-state index in [1.807, 2.05) is 19.1 Å². The average Bonchev–Trinajstić information content (AvgIpc) is 3.33. The maximum Gasteiger partial charge on any atom is 0.323 e. The van der Waals surface area contributed by atoms with E-state index in [9.17, 15) is 18.0 Å². The third-order valence-electron chi connectivity index (χ3n) is 5.90. The minimum atomic E-state index is -3.77. The number of hydrogen-bond donors (Lipinski definition) is 3. The van der Waals surface area contributed by atoms with E-state index in [-0.39, 0.29) is 26.8 Å². The summed E-state index contributed by atoms with van der Waals surface area (Å²) in [4.78, 5) is 26.4. The molecule has 10 heteroatoms. The molecule has 1 heterocycles. The lowest BCUT2D eigenvalue weighted by atomic mass is 10.2. The number of urea groups is 1. The van der Waals surface area contributed by atoms with Crippen molar-refractivity contribution in [2.75, 3.05) is 28.6 Å². The van der Waals surface area contributed by atoms with Gasteiger partial charge in [0.1, 0.15) is 0 Å². The molecule has 8 nitrogen and oxygen atoms in total. The standard InChI is InChI=1S/C26H27ClN4O4S/c1-2-25(32)28-20-14-15-31(17-20)21-11-8-18(9-12-21)29-26(33)30-19-10-13-24(23(27)16-19)36(34,35)22-6-4-3-5-7-22/h3-13,16,20H,2,14-15,17H2,1H3,(H,28,32)(H2,29,30,33). The largest absolute Gasteiger partial charge is 0.369 e. The highest BCUT2D eigenvalue weighted by Crippen LogP contribution is 2.30. The predicted molar refractivity (Wildman–Crippen MR) is 141 cm³/mol. The van der Waals surface area contributed by atoms with Gasteiger partial charge in [0.25, 0.3) is 0 Å². The molecule has 36 heavy (non-hydrogen) atoms. The number of anilines is 3. The predicted octanol–water partition coefficient (Wildman–Crippen LogP) is 4.92. The Labute approximate surface area is 215 Å². The summed E-state index contributed by atoms with van der Waals surface area (Å²) in [5, 5.41) is 8.46. The van der Waals surface area contributed by atoms with Gasteiger partial charge in [-0.05, 0) is 61.0 Å². The molecule has 1 aliphatic rings. The van der Waals surface area contributed by atoms with Crippen molar-refractivity contribution in [3.63, 3.8) is 0 Å². The van der Waals surface area contributed by atoms with E-state index in [4.69, 9.17) is 11.6 Å². The molecule has 1 unspecified atom stereocenters. The fourth-order valence-electron chi connectivity index (χ4n) is 4.01. The van der Waals surface area contributed by atoms with Crippen LogP contribution in [-0.2, 0) is 14.6 Å². The van der Waals surface area contributed by atoms with Crippen LogP contribution in [0, 0.1) is 0 Å². The van der Waals surface area contributed by atoms with Gasteiger partial charge in [0, 0.05) is 42.6 Å². The van der Waals surface area contributed by atoms with Gasteiger partial charge in [-0.2, -0.15) is 0 Å². The monoisotopic (exact) mass is 526 g/mol. The van der Waals surface area contributed by atoms with Crippen molar-refractivity contribution in [2.24, 2.45) is 0 Å². The highest BCUT2D eigenvalue weighted by atomic mass is 35.5. The summed E-state index contributed by atoms with van der Waals surface area (Å²) >= 11 is 6.25. The number of nitrogens with one attached hydrogen (secondary N) is 3. The lowest BCUT2D eigenvalue weighted by Gasteiger charge is -2.19. The second-order valence-electron chi connectivity index (χ2n) is 8.44. The molecule has 188 valence electrons. The molecule has 1 fully saturated rings. The third-order valence-corrected chi connectivity index (χ3v) is 8.15. The van der Waals surface area contributed by atoms with Gasteiger partial charge >= 0.3 is 6.03 Å². The van der Waals surface area contributed by atoms with E-state index in [0.29, 0.717) is 17.8 Å². The number of hydrogen-bond acceptors (Lipinski definition) is 5. The minimum Gasteiger partial charge on any atom is -0.369 e. The maximum absolute atomic E-state index is 12.8. The molecule has 0 bridgehead atoms. The molecule has 1 aliphatic heterocycles. The van der Waals surface area contributed by atoms with Crippen molar-refractivity contribution >= 4 is 50.4 Å². The minimum absolute atomic E-state index is 0.0139. The van der Waals surface area contributed by atoms with Gasteiger partial charge in [0.05, 0.1) is 14.8 Å². The molecule has 4 rings (SSSR count). The highest BCUT2D eigenvalue weighted by Gasteiger charge is 2.24. The van der Waals surface area contributed by atoms with Crippen LogP contribution in [0.3, 0.4) is 0 Å². The number of carbonyl (C=O) groups is 2. The zero-order valence-electron chi connectivity index (χ0n) is 19.7. The van der Waals surface area contributed by atoms with Crippen LogP contribution in [0.5, 0.6) is 0 Å². The van der Waals surface area contributed by atoms with Crippen molar-refractivity contribution in [1.29, 1.82) is 0 Å². The van der Waals surface area contributed by atoms with Crippen molar-refractivity contribution < 1.29 is 18.0 Å². The van der Waals surface area contributed by atoms with Crippen LogP contribution in [0.1, 0.15) is 19.8 Å². The quantitative estimate of drug-likeness (QED) is 0.405. The molecule has 0 radical (unpaired) electrons. The molecule has 1 atom stereocenters. The topological polar surface area (TPSA) is 108 Å². The number of halogens is 1. The van der Waals surface area contributed by atoms with Crippen molar-refractivity contribution in [2.45, 2.75) is 35.6 Å². The zero-order chi connectivity index (χ0) is 25.7. The summed E-state index contributed by atoms with van der Waals surface area (Å²) in [5.74, 6) is 0.0566. The number of amides is 3. The van der Waals surface area contributed by atoms with Gasteiger partial charge in [0.15, 0.2) is 0 Å². The number of benzene rings is 3. The molecule has 3 aromatic rings. The first-order valence-corrected chi connectivity index (χ1v) is 13.4. The smallest absolute Gasteiger partial charge is 0.323 e. The van der Waals surface area contributed by atoms with E-state index in [1.165, 1.54) is 30.3 Å². The van der Waals surface area contributed by atoms with Crippen LogP contribution in [0.2, 0.25) is 5.02 Å². The van der Waals surface area contributed by atoms with Crippen LogP contribution in [0.15, 0.2) is 82.6 Å². The maximum atomic E-state index is 12.8. The van der Waals surface area contributed by atoms with E-state index < -0.39 is 15.9 Å². The second kappa shape index (κ2) is 11.0. The molecule has 3 amide bonds. The Kier molecular flexibility index (Phi) is 7.81. The van der Waals surface area contributed by atoms with Crippen LogP contribution in [-0.4, -0.2) is 39.5 Å². The van der Waals surface area contributed by atoms with E-state index in [0.717, 1.165) is 25.2 Å². The van der Waals surface area contributed by atoms with E-state index in [1.54, 1.807) is 30.3 Å². The first-order valence-electron chi connectivity index (χ1n) is 11.6. The summed E-state index contributed by atoms with van der Waals surface area (Å²) in [5.41, 5.74) is 1.97. The van der Waals surface area contributed by atoms with Crippen LogP contribution >= 0.6 is 11.6 Å². The Morgan fingerprint density at radius 1 is 0.972 bits per heavy atom. The Morgan fingerprint density at radius 2 is 1.64 bits per heavy atom.